The molecule has 1 aliphatic carbocycles. The summed E-state index contributed by atoms with van der Waals surface area (Å²) in [6.45, 7) is 0. The second-order valence-corrected chi connectivity index (χ2v) is 6.63. The SMILES string of the molecule is COC1CCC(OC)C(c2nc3sccn3c2/C=N/N=C(N)N)C1.Cl. The fourth-order valence-corrected chi connectivity index (χ4v) is 3.99. The largest absolute Gasteiger partial charge is 0.381 e. The minimum atomic E-state index is -0.0780. The summed E-state index contributed by atoms with van der Waals surface area (Å²) >= 11 is 1.57. The summed E-state index contributed by atoms with van der Waals surface area (Å²) in [7, 11) is 3.50. The van der Waals surface area contributed by atoms with Crippen LogP contribution >= 0.6 is 23.7 Å². The van der Waals surface area contributed by atoms with Crippen LogP contribution < -0.4 is 11.5 Å². The van der Waals surface area contributed by atoms with Crippen molar-refractivity contribution < 1.29 is 9.47 Å². The Kier molecular flexibility index (Phi) is 6.77. The minimum absolute atomic E-state index is 0. The summed E-state index contributed by atoms with van der Waals surface area (Å²) in [5.74, 6) is 0.0622. The van der Waals surface area contributed by atoms with E-state index in [1.165, 1.54) is 0 Å². The van der Waals surface area contributed by atoms with Gasteiger partial charge in [-0.25, -0.2) is 4.98 Å². The van der Waals surface area contributed by atoms with E-state index in [0.29, 0.717) is 0 Å². The Morgan fingerprint density at radius 3 is 2.84 bits per heavy atom. The van der Waals surface area contributed by atoms with Gasteiger partial charge in [0.25, 0.3) is 0 Å². The second-order valence-electron chi connectivity index (χ2n) is 5.76. The van der Waals surface area contributed by atoms with E-state index in [4.69, 9.17) is 25.9 Å². The number of ether oxygens (including phenoxy) is 2. The highest BCUT2D eigenvalue weighted by Crippen LogP contribution is 2.37. The maximum Gasteiger partial charge on any atom is 0.211 e. The number of nitrogens with zero attached hydrogens (tertiary/aromatic N) is 4. The van der Waals surface area contributed by atoms with Gasteiger partial charge in [0, 0.05) is 31.7 Å². The molecule has 0 radical (unpaired) electrons. The first-order valence-corrected chi connectivity index (χ1v) is 8.65. The fraction of sp³-hybridized carbons (Fsp3) is 0.533. The van der Waals surface area contributed by atoms with Crippen molar-refractivity contribution in [3.63, 3.8) is 0 Å². The second kappa shape index (κ2) is 8.61. The van der Waals surface area contributed by atoms with E-state index in [1.54, 1.807) is 31.8 Å². The molecule has 3 atom stereocenters. The molecule has 2 aromatic rings. The van der Waals surface area contributed by atoms with Gasteiger partial charge >= 0.3 is 0 Å². The van der Waals surface area contributed by atoms with Gasteiger partial charge in [-0.2, -0.15) is 5.10 Å². The van der Waals surface area contributed by atoms with Gasteiger partial charge < -0.3 is 20.9 Å². The highest BCUT2D eigenvalue weighted by molar-refractivity contribution is 7.15. The lowest BCUT2D eigenvalue weighted by atomic mass is 9.82. The number of hydrogen-bond acceptors (Lipinski definition) is 6. The molecule has 1 saturated carbocycles. The first-order valence-electron chi connectivity index (χ1n) is 7.77. The molecule has 0 bridgehead atoms. The molecule has 0 aliphatic heterocycles. The van der Waals surface area contributed by atoms with Crippen molar-refractivity contribution in [2.45, 2.75) is 37.4 Å². The number of imidazole rings is 1. The molecular formula is C15H23ClN6O2S. The average Bonchev–Trinajstić information content (AvgIpc) is 3.16. The van der Waals surface area contributed by atoms with Gasteiger partial charge in [-0.1, -0.05) is 0 Å². The molecule has 0 saturated heterocycles. The van der Waals surface area contributed by atoms with Crippen LogP contribution in [-0.4, -0.2) is 48.0 Å². The molecule has 10 heteroatoms. The standard InChI is InChI=1S/C15H22N6O2S.ClH/c1-22-9-3-4-12(23-2)10(7-9)13-11(8-18-20-14(16)17)21-5-6-24-15(21)19-13;/h5-6,8-10,12H,3-4,7H2,1-2H3,(H4,16,17,20);1H/b18-8+;. The van der Waals surface area contributed by atoms with Crippen molar-refractivity contribution in [3.8, 4) is 0 Å². The third-order valence-corrected chi connectivity index (χ3v) is 5.16. The predicted octanol–water partition coefficient (Wildman–Crippen LogP) is 1.72. The summed E-state index contributed by atoms with van der Waals surface area (Å²) in [6.07, 6.45) is 6.72. The Hall–Kier alpha value is -1.68. The van der Waals surface area contributed by atoms with Crippen LogP contribution in [0, 0.1) is 0 Å². The minimum Gasteiger partial charge on any atom is -0.381 e. The summed E-state index contributed by atoms with van der Waals surface area (Å²) in [5.41, 5.74) is 12.5. The first kappa shape index (κ1) is 19.6. The zero-order chi connectivity index (χ0) is 17.1. The van der Waals surface area contributed by atoms with Gasteiger partial charge in [-0.15, -0.1) is 28.8 Å². The Labute approximate surface area is 156 Å². The number of aromatic nitrogens is 2. The third kappa shape index (κ3) is 4.12. The Morgan fingerprint density at radius 2 is 2.16 bits per heavy atom. The number of halogens is 1. The van der Waals surface area contributed by atoms with Gasteiger partial charge in [0.1, 0.15) is 0 Å². The molecule has 0 aromatic carbocycles. The fourth-order valence-electron chi connectivity index (χ4n) is 3.26. The monoisotopic (exact) mass is 386 g/mol. The van der Waals surface area contributed by atoms with Crippen LogP contribution in [0.25, 0.3) is 4.96 Å². The lowest BCUT2D eigenvalue weighted by Gasteiger charge is -2.34. The van der Waals surface area contributed by atoms with E-state index in [-0.39, 0.29) is 36.5 Å². The van der Waals surface area contributed by atoms with E-state index >= 15 is 0 Å². The molecule has 0 amide bonds. The summed E-state index contributed by atoms with van der Waals surface area (Å²) < 4.78 is 13.3. The van der Waals surface area contributed by atoms with Crippen molar-refractivity contribution in [3.05, 3.63) is 23.0 Å². The van der Waals surface area contributed by atoms with Crippen molar-refractivity contribution in [1.29, 1.82) is 0 Å². The predicted molar refractivity (Wildman–Crippen MR) is 102 cm³/mol. The highest BCUT2D eigenvalue weighted by Gasteiger charge is 2.35. The van der Waals surface area contributed by atoms with Crippen LogP contribution in [0.1, 0.15) is 36.6 Å². The zero-order valence-corrected chi connectivity index (χ0v) is 15.8. The van der Waals surface area contributed by atoms with E-state index in [0.717, 1.165) is 35.6 Å². The van der Waals surface area contributed by atoms with Crippen molar-refractivity contribution in [2.24, 2.45) is 21.7 Å². The molecule has 2 aromatic heterocycles. The number of nitrogens with two attached hydrogens (primary N) is 2. The van der Waals surface area contributed by atoms with Crippen LogP contribution in [0.3, 0.4) is 0 Å². The number of guanidine groups is 1. The molecule has 3 unspecified atom stereocenters. The summed E-state index contributed by atoms with van der Waals surface area (Å²) in [5, 5.41) is 9.65. The quantitative estimate of drug-likeness (QED) is 0.461. The maximum atomic E-state index is 5.71. The number of fused-ring (bicyclic) bond motifs is 1. The first-order chi connectivity index (χ1) is 11.6. The molecule has 4 N–H and O–H groups in total. The Bertz CT molecular complexity index is 754. The highest BCUT2D eigenvalue weighted by atomic mass is 35.5. The van der Waals surface area contributed by atoms with E-state index in [2.05, 4.69) is 10.2 Å². The van der Waals surface area contributed by atoms with Crippen molar-refractivity contribution in [1.82, 2.24) is 9.38 Å². The zero-order valence-electron chi connectivity index (χ0n) is 14.2. The Balaban J connectivity index is 0.00000225. The van der Waals surface area contributed by atoms with Crippen LogP contribution in [-0.2, 0) is 9.47 Å². The molecule has 25 heavy (non-hydrogen) atoms. The third-order valence-electron chi connectivity index (χ3n) is 4.41. The van der Waals surface area contributed by atoms with Crippen LogP contribution in [0.2, 0.25) is 0 Å². The van der Waals surface area contributed by atoms with E-state index < -0.39 is 0 Å². The van der Waals surface area contributed by atoms with Gasteiger partial charge in [0.2, 0.25) is 5.96 Å². The van der Waals surface area contributed by atoms with Gasteiger partial charge in [-0.3, -0.25) is 4.40 Å². The maximum absolute atomic E-state index is 5.71. The van der Waals surface area contributed by atoms with Gasteiger partial charge in [-0.05, 0) is 19.3 Å². The molecule has 138 valence electrons. The lowest BCUT2D eigenvalue weighted by Crippen LogP contribution is -2.33. The molecule has 1 aliphatic rings. The summed E-state index contributed by atoms with van der Waals surface area (Å²) in [4.78, 5) is 5.71. The van der Waals surface area contributed by atoms with Crippen molar-refractivity contribution >= 4 is 40.9 Å². The molecular weight excluding hydrogens is 364 g/mol. The van der Waals surface area contributed by atoms with E-state index in [1.807, 2.05) is 16.0 Å². The normalized spacial score (nSPS) is 23.7. The topological polar surface area (TPSA) is 113 Å². The molecule has 8 nitrogen and oxygen atoms in total. The molecule has 3 rings (SSSR count). The average molecular weight is 387 g/mol. The number of thiazole rings is 1. The summed E-state index contributed by atoms with van der Waals surface area (Å²) in [6, 6.07) is 0. The Morgan fingerprint density at radius 1 is 1.36 bits per heavy atom. The van der Waals surface area contributed by atoms with Crippen LogP contribution in [0.4, 0.5) is 0 Å². The molecule has 1 fully saturated rings. The molecule has 2 heterocycles. The van der Waals surface area contributed by atoms with Crippen molar-refractivity contribution in [2.75, 3.05) is 14.2 Å². The van der Waals surface area contributed by atoms with Crippen LogP contribution in [0.15, 0.2) is 21.8 Å². The number of methoxy groups -OCH3 is 2. The van der Waals surface area contributed by atoms with E-state index in [9.17, 15) is 0 Å². The van der Waals surface area contributed by atoms with Gasteiger partial charge in [0.05, 0.1) is 29.8 Å². The number of rotatable bonds is 5. The lowest BCUT2D eigenvalue weighted by molar-refractivity contribution is -0.0114. The smallest absolute Gasteiger partial charge is 0.211 e. The molecule has 0 spiro atoms. The van der Waals surface area contributed by atoms with Gasteiger partial charge in [0.15, 0.2) is 4.96 Å². The van der Waals surface area contributed by atoms with Crippen LogP contribution in [0.5, 0.6) is 0 Å². The number of hydrogen-bond donors (Lipinski definition) is 2.